The van der Waals surface area contributed by atoms with Crippen LogP contribution in [0.4, 0.5) is 0 Å². The van der Waals surface area contributed by atoms with Gasteiger partial charge < -0.3 is 3.87 Å². The molecule has 0 aliphatic rings. The highest BCUT2D eigenvalue weighted by Crippen LogP contribution is 2.11. The van der Waals surface area contributed by atoms with Gasteiger partial charge in [0.15, 0.2) is 0 Å². The zero-order valence-corrected chi connectivity index (χ0v) is 12.6. The van der Waals surface area contributed by atoms with Gasteiger partial charge in [0.05, 0.1) is 4.90 Å². The summed E-state index contributed by atoms with van der Waals surface area (Å²) in [5, 5.41) is 0.916. The lowest BCUT2D eigenvalue weighted by atomic mass is 10.1. The molecule has 0 atom stereocenters. The van der Waals surface area contributed by atoms with Crippen molar-refractivity contribution in [1.82, 2.24) is 0 Å². The molecule has 0 N–H and O–H groups in total. The molecule has 2 aromatic carbocycles. The second kappa shape index (κ2) is 5.69. The molecular formula is C14H14O3SSi. The summed E-state index contributed by atoms with van der Waals surface area (Å²) in [6, 6.07) is 14.0. The Bertz CT molecular complexity index is 666. The van der Waals surface area contributed by atoms with Crippen molar-refractivity contribution < 1.29 is 12.3 Å². The third kappa shape index (κ3) is 3.31. The Morgan fingerprint density at radius 3 is 2.32 bits per heavy atom. The SMILES string of the molecule is Cc1cccc([Si]OS(=O)(=O)c2ccccc2)c1C. The zero-order valence-electron chi connectivity index (χ0n) is 10.8. The van der Waals surface area contributed by atoms with Crippen molar-refractivity contribution >= 4 is 25.1 Å². The molecule has 0 spiro atoms. The molecule has 0 bridgehead atoms. The average Bonchev–Trinajstić information content (AvgIpc) is 2.41. The van der Waals surface area contributed by atoms with Crippen LogP contribution in [0.3, 0.4) is 0 Å². The Morgan fingerprint density at radius 1 is 0.947 bits per heavy atom. The standard InChI is InChI=1S/C14H14O3SSi/c1-11-7-6-10-14(12(11)2)19-17-18(15,16)13-8-4-3-5-9-13/h3-10H,1-2H3. The van der Waals surface area contributed by atoms with E-state index in [0.717, 1.165) is 16.3 Å². The van der Waals surface area contributed by atoms with Crippen molar-refractivity contribution in [2.45, 2.75) is 18.7 Å². The van der Waals surface area contributed by atoms with Gasteiger partial charge in [-0.25, -0.2) is 0 Å². The minimum atomic E-state index is -3.68. The number of aryl methyl sites for hydroxylation is 1. The highest BCUT2D eigenvalue weighted by Gasteiger charge is 2.16. The minimum absolute atomic E-state index is 0.188. The molecule has 0 saturated carbocycles. The first-order chi connectivity index (χ1) is 9.00. The topological polar surface area (TPSA) is 43.4 Å². The van der Waals surface area contributed by atoms with E-state index in [1.54, 1.807) is 18.2 Å². The molecule has 0 heterocycles. The Labute approximate surface area is 116 Å². The smallest absolute Gasteiger partial charge is 0.297 e. The predicted octanol–water partition coefficient (Wildman–Crippen LogP) is 1.95. The van der Waals surface area contributed by atoms with Crippen LogP contribution >= 0.6 is 0 Å². The summed E-state index contributed by atoms with van der Waals surface area (Å²) < 4.78 is 29.1. The molecule has 2 radical (unpaired) electrons. The first-order valence-electron chi connectivity index (χ1n) is 5.81. The van der Waals surface area contributed by atoms with Crippen molar-refractivity contribution in [2.75, 3.05) is 0 Å². The normalized spacial score (nSPS) is 11.5. The highest BCUT2D eigenvalue weighted by atomic mass is 32.2. The van der Waals surface area contributed by atoms with E-state index < -0.39 is 10.1 Å². The van der Waals surface area contributed by atoms with Crippen LogP contribution in [0, 0.1) is 13.8 Å². The van der Waals surface area contributed by atoms with E-state index in [2.05, 4.69) is 0 Å². The zero-order chi connectivity index (χ0) is 13.9. The van der Waals surface area contributed by atoms with Crippen LogP contribution in [0.25, 0.3) is 0 Å². The second-order valence-corrected chi connectivity index (χ2v) is 6.99. The van der Waals surface area contributed by atoms with Gasteiger partial charge in [0.1, 0.15) is 0 Å². The van der Waals surface area contributed by atoms with Crippen LogP contribution in [-0.2, 0) is 14.0 Å². The molecule has 0 aromatic heterocycles. The Balaban J connectivity index is 2.17. The summed E-state index contributed by atoms with van der Waals surface area (Å²) in [5.41, 5.74) is 2.20. The predicted molar refractivity (Wildman–Crippen MR) is 76.0 cm³/mol. The fourth-order valence-electron chi connectivity index (χ4n) is 1.60. The molecule has 2 aromatic rings. The van der Waals surface area contributed by atoms with E-state index in [-0.39, 0.29) is 14.7 Å². The summed E-state index contributed by atoms with van der Waals surface area (Å²) in [6.07, 6.45) is 0. The lowest BCUT2D eigenvalue weighted by molar-refractivity contribution is 0.504. The van der Waals surface area contributed by atoms with Gasteiger partial charge in [-0.1, -0.05) is 36.4 Å². The molecule has 0 aliphatic carbocycles. The summed E-state index contributed by atoms with van der Waals surface area (Å²) in [5.74, 6) is 0. The van der Waals surface area contributed by atoms with Gasteiger partial charge in [-0.2, -0.15) is 8.42 Å². The summed E-state index contributed by atoms with van der Waals surface area (Å²) >= 11 is 0. The molecule has 0 fully saturated rings. The van der Waals surface area contributed by atoms with Crippen LogP contribution in [0.2, 0.25) is 0 Å². The quantitative estimate of drug-likeness (QED) is 0.808. The maximum atomic E-state index is 12.0. The fourth-order valence-corrected chi connectivity index (χ4v) is 3.78. The Kier molecular flexibility index (Phi) is 4.19. The number of hydrogen-bond donors (Lipinski definition) is 0. The summed E-state index contributed by atoms with van der Waals surface area (Å²) in [6.45, 7) is 3.96. The van der Waals surface area contributed by atoms with Gasteiger partial charge in [-0.05, 0) is 42.3 Å². The van der Waals surface area contributed by atoms with E-state index in [1.807, 2.05) is 32.0 Å². The second-order valence-electron chi connectivity index (χ2n) is 4.20. The van der Waals surface area contributed by atoms with Crippen molar-refractivity contribution in [3.05, 3.63) is 59.7 Å². The first kappa shape index (κ1) is 14.0. The molecular weight excluding hydrogens is 276 g/mol. The Hall–Kier alpha value is -1.43. The number of hydrogen-bond acceptors (Lipinski definition) is 3. The van der Waals surface area contributed by atoms with Crippen molar-refractivity contribution in [3.8, 4) is 0 Å². The van der Waals surface area contributed by atoms with Crippen LogP contribution in [0.15, 0.2) is 53.4 Å². The molecule has 0 amide bonds. The third-order valence-electron chi connectivity index (χ3n) is 2.90. The average molecular weight is 290 g/mol. The molecule has 19 heavy (non-hydrogen) atoms. The molecule has 0 aliphatic heterocycles. The molecule has 0 saturated heterocycles. The van der Waals surface area contributed by atoms with E-state index in [4.69, 9.17) is 3.87 Å². The lowest BCUT2D eigenvalue weighted by Gasteiger charge is -2.08. The van der Waals surface area contributed by atoms with Gasteiger partial charge in [0.2, 0.25) is 0 Å². The highest BCUT2D eigenvalue weighted by molar-refractivity contribution is 7.87. The van der Waals surface area contributed by atoms with Gasteiger partial charge >= 0.3 is 0 Å². The van der Waals surface area contributed by atoms with E-state index in [1.165, 1.54) is 12.1 Å². The van der Waals surface area contributed by atoms with Crippen molar-refractivity contribution in [2.24, 2.45) is 0 Å². The van der Waals surface area contributed by atoms with Crippen LogP contribution in [0.1, 0.15) is 11.1 Å². The van der Waals surface area contributed by atoms with Crippen LogP contribution < -0.4 is 5.19 Å². The van der Waals surface area contributed by atoms with Gasteiger partial charge in [-0.3, -0.25) is 0 Å². The number of benzene rings is 2. The van der Waals surface area contributed by atoms with Crippen molar-refractivity contribution in [1.29, 1.82) is 0 Å². The van der Waals surface area contributed by atoms with Gasteiger partial charge in [0, 0.05) is 0 Å². The van der Waals surface area contributed by atoms with Gasteiger partial charge in [0.25, 0.3) is 19.9 Å². The molecule has 0 unspecified atom stereocenters. The summed E-state index contributed by atoms with van der Waals surface area (Å²) in [7, 11) is -3.89. The van der Waals surface area contributed by atoms with Gasteiger partial charge in [-0.15, -0.1) is 0 Å². The Morgan fingerprint density at radius 2 is 1.63 bits per heavy atom. The van der Waals surface area contributed by atoms with E-state index in [9.17, 15) is 8.42 Å². The third-order valence-corrected chi connectivity index (χ3v) is 5.72. The molecule has 5 heteroatoms. The number of rotatable bonds is 4. The lowest BCUT2D eigenvalue weighted by Crippen LogP contribution is -2.24. The van der Waals surface area contributed by atoms with Crippen LogP contribution in [0.5, 0.6) is 0 Å². The van der Waals surface area contributed by atoms with E-state index in [0.29, 0.717) is 0 Å². The van der Waals surface area contributed by atoms with Crippen LogP contribution in [-0.4, -0.2) is 18.2 Å². The molecule has 2 rings (SSSR count). The minimum Gasteiger partial charge on any atom is -0.306 e. The fraction of sp³-hybridized carbons (Fsp3) is 0.143. The van der Waals surface area contributed by atoms with E-state index >= 15 is 0 Å². The van der Waals surface area contributed by atoms with Crippen molar-refractivity contribution in [3.63, 3.8) is 0 Å². The molecule has 98 valence electrons. The largest absolute Gasteiger partial charge is 0.306 e. The first-order valence-corrected chi connectivity index (χ1v) is 8.13. The molecule has 3 nitrogen and oxygen atoms in total. The monoisotopic (exact) mass is 290 g/mol. The maximum absolute atomic E-state index is 12.0. The summed E-state index contributed by atoms with van der Waals surface area (Å²) in [4.78, 5) is 0.188. The maximum Gasteiger partial charge on any atom is 0.297 e.